The Morgan fingerprint density at radius 3 is 2.52 bits per heavy atom. The van der Waals surface area contributed by atoms with Gasteiger partial charge in [-0.1, -0.05) is 13.0 Å². The zero-order chi connectivity index (χ0) is 15.6. The van der Waals surface area contributed by atoms with Crippen molar-refractivity contribution >= 4 is 5.82 Å². The molecule has 6 heteroatoms. The highest BCUT2D eigenvalue weighted by atomic mass is 19.2. The Balaban J connectivity index is 2.61. The van der Waals surface area contributed by atoms with E-state index in [9.17, 15) is 13.2 Å². The molecule has 0 radical (unpaired) electrons. The summed E-state index contributed by atoms with van der Waals surface area (Å²) < 4.78 is 41.9. The summed E-state index contributed by atoms with van der Waals surface area (Å²) in [7, 11) is 0. The molecule has 0 amide bonds. The number of hydrogen-bond donors (Lipinski definition) is 1. The van der Waals surface area contributed by atoms with Crippen LogP contribution >= 0.6 is 0 Å². The molecule has 0 saturated carbocycles. The van der Waals surface area contributed by atoms with E-state index in [-0.39, 0.29) is 17.1 Å². The van der Waals surface area contributed by atoms with Crippen molar-refractivity contribution < 1.29 is 13.2 Å². The maximum atomic E-state index is 13.9. The Labute approximate surface area is 120 Å². The molecule has 1 aromatic carbocycles. The van der Waals surface area contributed by atoms with E-state index < -0.39 is 17.5 Å². The van der Waals surface area contributed by atoms with Gasteiger partial charge in [0.25, 0.3) is 0 Å². The Morgan fingerprint density at radius 1 is 1.24 bits per heavy atom. The fourth-order valence-corrected chi connectivity index (χ4v) is 2.16. The van der Waals surface area contributed by atoms with Crippen molar-refractivity contribution in [2.24, 2.45) is 0 Å². The van der Waals surface area contributed by atoms with Crippen LogP contribution in [0, 0.1) is 17.5 Å². The summed E-state index contributed by atoms with van der Waals surface area (Å²) in [6.45, 7) is 6.03. The summed E-state index contributed by atoms with van der Waals surface area (Å²) in [5.74, 6) is -2.40. The van der Waals surface area contributed by atoms with Crippen LogP contribution < -0.4 is 5.73 Å². The topological polar surface area (TPSA) is 43.8 Å². The van der Waals surface area contributed by atoms with Gasteiger partial charge < -0.3 is 10.3 Å². The number of anilines is 1. The number of aromatic nitrogens is 2. The normalized spacial score (nSPS) is 10.9. The quantitative estimate of drug-likeness (QED) is 0.675. The van der Waals surface area contributed by atoms with E-state index in [0.29, 0.717) is 24.9 Å². The maximum Gasteiger partial charge on any atom is 0.161 e. The standard InChI is InChI=1S/C15H16F3N3/c1-3-5-13-20-14(15(19)21(13)6-4-2)9-7-11(17)12(18)8-10(9)16/h4,7-8H,2-3,5-6,19H2,1H3. The first-order valence-electron chi connectivity index (χ1n) is 6.60. The van der Waals surface area contributed by atoms with E-state index in [0.717, 1.165) is 12.5 Å². The second-order valence-electron chi connectivity index (χ2n) is 4.66. The van der Waals surface area contributed by atoms with E-state index >= 15 is 0 Å². The van der Waals surface area contributed by atoms with Gasteiger partial charge in [0.1, 0.15) is 23.2 Å². The predicted octanol–water partition coefficient (Wildman–Crippen LogP) is 3.69. The first kappa shape index (κ1) is 15.2. The van der Waals surface area contributed by atoms with Crippen molar-refractivity contribution in [3.05, 3.63) is 48.1 Å². The lowest BCUT2D eigenvalue weighted by Crippen LogP contribution is -2.06. The first-order chi connectivity index (χ1) is 9.99. The molecule has 1 aromatic heterocycles. The minimum absolute atomic E-state index is 0.122. The molecule has 0 saturated heterocycles. The molecule has 0 spiro atoms. The van der Waals surface area contributed by atoms with Crippen LogP contribution in [0.15, 0.2) is 24.8 Å². The molecule has 0 unspecified atom stereocenters. The highest BCUT2D eigenvalue weighted by Gasteiger charge is 2.20. The van der Waals surface area contributed by atoms with Gasteiger partial charge in [0.05, 0.1) is 0 Å². The molecule has 112 valence electrons. The van der Waals surface area contributed by atoms with Crippen LogP contribution in [0.2, 0.25) is 0 Å². The smallest absolute Gasteiger partial charge is 0.161 e. The predicted molar refractivity (Wildman–Crippen MR) is 76.1 cm³/mol. The summed E-state index contributed by atoms with van der Waals surface area (Å²) in [6.07, 6.45) is 3.11. The van der Waals surface area contributed by atoms with E-state index in [2.05, 4.69) is 11.6 Å². The van der Waals surface area contributed by atoms with E-state index in [4.69, 9.17) is 5.73 Å². The molecular weight excluding hydrogens is 279 g/mol. The van der Waals surface area contributed by atoms with Crippen LogP contribution in [-0.2, 0) is 13.0 Å². The van der Waals surface area contributed by atoms with Crippen molar-refractivity contribution in [3.63, 3.8) is 0 Å². The molecule has 0 fully saturated rings. The maximum absolute atomic E-state index is 13.9. The summed E-state index contributed by atoms with van der Waals surface area (Å²) in [5, 5.41) is 0. The minimum atomic E-state index is -1.24. The monoisotopic (exact) mass is 295 g/mol. The number of hydrogen-bond acceptors (Lipinski definition) is 2. The molecule has 0 aliphatic heterocycles. The van der Waals surface area contributed by atoms with Crippen molar-refractivity contribution in [1.29, 1.82) is 0 Å². The lowest BCUT2D eigenvalue weighted by molar-refractivity contribution is 0.496. The number of benzene rings is 1. The summed E-state index contributed by atoms with van der Waals surface area (Å²) in [4.78, 5) is 4.28. The Hall–Kier alpha value is -2.24. The zero-order valence-electron chi connectivity index (χ0n) is 11.7. The summed E-state index contributed by atoms with van der Waals surface area (Å²) in [5.41, 5.74) is 5.95. The van der Waals surface area contributed by atoms with Crippen molar-refractivity contribution in [3.8, 4) is 11.3 Å². The fraction of sp³-hybridized carbons (Fsp3) is 0.267. The highest BCUT2D eigenvalue weighted by Crippen LogP contribution is 2.30. The van der Waals surface area contributed by atoms with Crippen LogP contribution in [0.3, 0.4) is 0 Å². The van der Waals surface area contributed by atoms with Gasteiger partial charge in [0.2, 0.25) is 0 Å². The Kier molecular flexibility index (Phi) is 4.35. The third-order valence-electron chi connectivity index (χ3n) is 3.14. The van der Waals surface area contributed by atoms with E-state index in [1.165, 1.54) is 0 Å². The number of nitrogens with zero attached hydrogens (tertiary/aromatic N) is 2. The molecule has 2 rings (SSSR count). The molecule has 0 aliphatic carbocycles. The third-order valence-corrected chi connectivity index (χ3v) is 3.14. The number of nitrogen functional groups attached to an aromatic ring is 1. The van der Waals surface area contributed by atoms with Crippen molar-refractivity contribution in [2.75, 3.05) is 5.73 Å². The first-order valence-corrected chi connectivity index (χ1v) is 6.60. The summed E-state index contributed by atoms with van der Waals surface area (Å²) >= 11 is 0. The zero-order valence-corrected chi connectivity index (χ0v) is 11.7. The number of halogens is 3. The molecule has 3 nitrogen and oxygen atoms in total. The second kappa shape index (κ2) is 6.03. The van der Waals surface area contributed by atoms with Gasteiger partial charge >= 0.3 is 0 Å². The fourth-order valence-electron chi connectivity index (χ4n) is 2.16. The van der Waals surface area contributed by atoms with Crippen LogP contribution in [0.5, 0.6) is 0 Å². The van der Waals surface area contributed by atoms with Gasteiger partial charge in [-0.15, -0.1) is 6.58 Å². The van der Waals surface area contributed by atoms with Gasteiger partial charge in [-0.25, -0.2) is 18.2 Å². The van der Waals surface area contributed by atoms with Crippen LogP contribution in [0.25, 0.3) is 11.3 Å². The number of rotatable bonds is 5. The van der Waals surface area contributed by atoms with Crippen LogP contribution in [-0.4, -0.2) is 9.55 Å². The molecule has 2 N–H and O–H groups in total. The molecule has 2 aromatic rings. The van der Waals surface area contributed by atoms with Crippen LogP contribution in [0.1, 0.15) is 19.2 Å². The number of aryl methyl sites for hydroxylation is 1. The van der Waals surface area contributed by atoms with Crippen LogP contribution in [0.4, 0.5) is 19.0 Å². The molecule has 0 atom stereocenters. The van der Waals surface area contributed by atoms with Gasteiger partial charge in [0.15, 0.2) is 11.6 Å². The SMILES string of the molecule is C=CCn1c(CCC)nc(-c2cc(F)c(F)cc2F)c1N. The van der Waals surface area contributed by atoms with E-state index in [1.807, 2.05) is 6.92 Å². The molecular formula is C15H16F3N3. The van der Waals surface area contributed by atoms with Crippen molar-refractivity contribution in [2.45, 2.75) is 26.3 Å². The Bertz CT molecular complexity index is 677. The lowest BCUT2D eigenvalue weighted by Gasteiger charge is -2.06. The minimum Gasteiger partial charge on any atom is -0.383 e. The summed E-state index contributed by atoms with van der Waals surface area (Å²) in [6, 6.07) is 1.27. The molecule has 21 heavy (non-hydrogen) atoms. The van der Waals surface area contributed by atoms with Gasteiger partial charge in [-0.2, -0.15) is 0 Å². The average Bonchev–Trinajstić information content (AvgIpc) is 2.73. The highest BCUT2D eigenvalue weighted by molar-refractivity contribution is 5.71. The Morgan fingerprint density at radius 2 is 1.90 bits per heavy atom. The third kappa shape index (κ3) is 2.79. The molecule has 0 aliphatic rings. The van der Waals surface area contributed by atoms with Crippen molar-refractivity contribution in [1.82, 2.24) is 9.55 Å². The largest absolute Gasteiger partial charge is 0.383 e. The van der Waals surface area contributed by atoms with Gasteiger partial charge in [-0.3, -0.25) is 0 Å². The number of imidazole rings is 1. The average molecular weight is 295 g/mol. The second-order valence-corrected chi connectivity index (χ2v) is 4.66. The van der Waals surface area contributed by atoms with Gasteiger partial charge in [-0.05, 0) is 12.5 Å². The number of nitrogens with two attached hydrogens (primary N) is 1. The molecule has 1 heterocycles. The lowest BCUT2D eigenvalue weighted by atomic mass is 10.1. The van der Waals surface area contributed by atoms with E-state index in [1.54, 1.807) is 10.6 Å². The number of allylic oxidation sites excluding steroid dienone is 1. The molecule has 0 bridgehead atoms. The van der Waals surface area contributed by atoms with Gasteiger partial charge in [0, 0.05) is 24.6 Å².